The third-order valence-electron chi connectivity index (χ3n) is 4.07. The standard InChI is InChI=1S/C20H19BrN4O3/c1-12(13-5-4-6-14(21)9-13)22-25-20(26)18-11-17(23-24-18)16-10-15(27-2)7-8-19(16)28-3/h4-11H,1-3H3,(H,23,24)(H,25,26). The highest BCUT2D eigenvalue weighted by Gasteiger charge is 2.15. The topological polar surface area (TPSA) is 88.6 Å². The summed E-state index contributed by atoms with van der Waals surface area (Å²) in [6.07, 6.45) is 0. The Kier molecular flexibility index (Phi) is 6.10. The van der Waals surface area contributed by atoms with E-state index in [1.54, 1.807) is 38.5 Å². The predicted molar refractivity (Wildman–Crippen MR) is 111 cm³/mol. The maximum absolute atomic E-state index is 12.4. The van der Waals surface area contributed by atoms with Crippen LogP contribution in [0.3, 0.4) is 0 Å². The van der Waals surface area contributed by atoms with Gasteiger partial charge in [-0.2, -0.15) is 10.2 Å². The fourth-order valence-corrected chi connectivity index (χ4v) is 2.96. The number of benzene rings is 2. The highest BCUT2D eigenvalue weighted by molar-refractivity contribution is 9.10. The minimum absolute atomic E-state index is 0.283. The number of H-pyrrole nitrogens is 1. The molecule has 1 heterocycles. The molecule has 2 aromatic carbocycles. The zero-order valence-electron chi connectivity index (χ0n) is 15.6. The van der Waals surface area contributed by atoms with E-state index in [9.17, 15) is 4.79 Å². The van der Waals surface area contributed by atoms with E-state index in [1.807, 2.05) is 31.2 Å². The second kappa shape index (κ2) is 8.71. The molecular formula is C20H19BrN4O3. The Bertz CT molecular complexity index is 1030. The molecule has 0 bridgehead atoms. The van der Waals surface area contributed by atoms with Crippen molar-refractivity contribution in [1.82, 2.24) is 15.6 Å². The average molecular weight is 443 g/mol. The number of methoxy groups -OCH3 is 2. The molecule has 3 aromatic rings. The molecule has 0 fully saturated rings. The number of hydrogen-bond acceptors (Lipinski definition) is 5. The van der Waals surface area contributed by atoms with Gasteiger partial charge in [-0.3, -0.25) is 9.89 Å². The predicted octanol–water partition coefficient (Wildman–Crippen LogP) is 4.01. The number of aromatic nitrogens is 2. The van der Waals surface area contributed by atoms with Gasteiger partial charge in [0.2, 0.25) is 0 Å². The van der Waals surface area contributed by atoms with Crippen LogP contribution in [0.1, 0.15) is 23.0 Å². The fourth-order valence-electron chi connectivity index (χ4n) is 2.56. The first kappa shape index (κ1) is 19.6. The van der Waals surface area contributed by atoms with Crippen molar-refractivity contribution in [2.75, 3.05) is 14.2 Å². The van der Waals surface area contributed by atoms with E-state index < -0.39 is 5.91 Å². The summed E-state index contributed by atoms with van der Waals surface area (Å²) in [4.78, 5) is 12.4. The third kappa shape index (κ3) is 4.40. The number of rotatable bonds is 6. The van der Waals surface area contributed by atoms with Gasteiger partial charge >= 0.3 is 0 Å². The molecule has 0 aliphatic carbocycles. The first-order chi connectivity index (χ1) is 13.5. The summed E-state index contributed by atoms with van der Waals surface area (Å²) in [6.45, 7) is 1.82. The van der Waals surface area contributed by atoms with Gasteiger partial charge in [-0.05, 0) is 48.9 Å². The Morgan fingerprint density at radius 1 is 1.14 bits per heavy atom. The van der Waals surface area contributed by atoms with E-state index >= 15 is 0 Å². The van der Waals surface area contributed by atoms with Crippen molar-refractivity contribution in [1.29, 1.82) is 0 Å². The van der Waals surface area contributed by atoms with Crippen molar-refractivity contribution < 1.29 is 14.3 Å². The van der Waals surface area contributed by atoms with E-state index in [0.29, 0.717) is 28.5 Å². The number of amides is 1. The summed E-state index contributed by atoms with van der Waals surface area (Å²) in [5.74, 6) is 0.900. The number of nitrogens with one attached hydrogen (secondary N) is 2. The van der Waals surface area contributed by atoms with Gasteiger partial charge in [0, 0.05) is 10.0 Å². The lowest BCUT2D eigenvalue weighted by molar-refractivity contribution is 0.0950. The van der Waals surface area contributed by atoms with E-state index in [1.165, 1.54) is 0 Å². The van der Waals surface area contributed by atoms with Crippen molar-refractivity contribution >= 4 is 27.5 Å². The molecule has 0 saturated heterocycles. The maximum atomic E-state index is 12.4. The second-order valence-corrected chi connectivity index (χ2v) is 6.80. The van der Waals surface area contributed by atoms with Gasteiger partial charge in [0.25, 0.3) is 5.91 Å². The molecule has 0 spiro atoms. The fraction of sp³-hybridized carbons (Fsp3) is 0.150. The van der Waals surface area contributed by atoms with Crippen molar-refractivity contribution in [3.8, 4) is 22.8 Å². The molecular weight excluding hydrogens is 424 g/mol. The van der Waals surface area contributed by atoms with Crippen molar-refractivity contribution in [2.45, 2.75) is 6.92 Å². The van der Waals surface area contributed by atoms with Crippen molar-refractivity contribution in [3.63, 3.8) is 0 Å². The summed E-state index contributed by atoms with van der Waals surface area (Å²) in [5.41, 5.74) is 5.69. The smallest absolute Gasteiger partial charge is 0.289 e. The molecule has 8 heteroatoms. The van der Waals surface area contributed by atoms with Crippen LogP contribution in [0.25, 0.3) is 11.3 Å². The third-order valence-corrected chi connectivity index (χ3v) is 4.57. The van der Waals surface area contributed by atoms with Gasteiger partial charge in [-0.1, -0.05) is 28.1 Å². The molecule has 144 valence electrons. The minimum Gasteiger partial charge on any atom is -0.497 e. The number of carbonyl (C=O) groups is 1. The molecule has 3 rings (SSSR count). The summed E-state index contributed by atoms with van der Waals surface area (Å²) in [6, 6.07) is 14.7. The van der Waals surface area contributed by atoms with E-state index in [4.69, 9.17) is 9.47 Å². The summed E-state index contributed by atoms with van der Waals surface area (Å²) in [5, 5.41) is 11.1. The number of carbonyl (C=O) groups excluding carboxylic acids is 1. The van der Waals surface area contributed by atoms with Crippen LogP contribution in [0.2, 0.25) is 0 Å². The van der Waals surface area contributed by atoms with Gasteiger partial charge in [0.05, 0.1) is 25.6 Å². The number of aromatic amines is 1. The van der Waals surface area contributed by atoms with Gasteiger partial charge in [-0.15, -0.1) is 0 Å². The Balaban J connectivity index is 1.79. The number of hydrazone groups is 1. The van der Waals surface area contributed by atoms with Gasteiger partial charge < -0.3 is 9.47 Å². The van der Waals surface area contributed by atoms with Crippen LogP contribution in [-0.2, 0) is 0 Å². The SMILES string of the molecule is COc1ccc(OC)c(-c2cc(C(=O)NN=C(C)c3cccc(Br)c3)[nH]n2)c1. The van der Waals surface area contributed by atoms with Crippen molar-refractivity contribution in [2.24, 2.45) is 5.10 Å². The second-order valence-electron chi connectivity index (χ2n) is 5.88. The largest absolute Gasteiger partial charge is 0.497 e. The van der Waals surface area contributed by atoms with Gasteiger partial charge in [0.15, 0.2) is 0 Å². The Hall–Kier alpha value is -3.13. The lowest BCUT2D eigenvalue weighted by Gasteiger charge is -2.08. The summed E-state index contributed by atoms with van der Waals surface area (Å²) >= 11 is 3.42. The van der Waals surface area contributed by atoms with Crippen LogP contribution in [0.15, 0.2) is 58.1 Å². The molecule has 1 aromatic heterocycles. The Morgan fingerprint density at radius 3 is 2.68 bits per heavy atom. The molecule has 0 aliphatic rings. The lowest BCUT2D eigenvalue weighted by Crippen LogP contribution is -2.19. The molecule has 28 heavy (non-hydrogen) atoms. The minimum atomic E-state index is -0.394. The van der Waals surface area contributed by atoms with Crippen molar-refractivity contribution in [3.05, 3.63) is 64.3 Å². The maximum Gasteiger partial charge on any atom is 0.289 e. The van der Waals surface area contributed by atoms with Crippen LogP contribution in [-0.4, -0.2) is 36.0 Å². The molecule has 0 radical (unpaired) electrons. The molecule has 0 atom stereocenters. The monoisotopic (exact) mass is 442 g/mol. The lowest BCUT2D eigenvalue weighted by atomic mass is 10.1. The first-order valence-electron chi connectivity index (χ1n) is 8.40. The zero-order valence-corrected chi connectivity index (χ0v) is 17.2. The Labute approximate surface area is 170 Å². The highest BCUT2D eigenvalue weighted by Crippen LogP contribution is 2.32. The van der Waals surface area contributed by atoms with Crippen LogP contribution in [0, 0.1) is 0 Å². The quantitative estimate of drug-likeness (QED) is 0.445. The average Bonchev–Trinajstić information content (AvgIpc) is 3.21. The number of halogens is 1. The van der Waals surface area contributed by atoms with Crippen LogP contribution in [0.4, 0.5) is 0 Å². The zero-order chi connectivity index (χ0) is 20.1. The first-order valence-corrected chi connectivity index (χ1v) is 9.19. The molecule has 1 amide bonds. The molecule has 0 saturated carbocycles. The van der Waals surface area contributed by atoms with Crippen LogP contribution < -0.4 is 14.9 Å². The van der Waals surface area contributed by atoms with Crippen LogP contribution in [0.5, 0.6) is 11.5 Å². The molecule has 2 N–H and O–H groups in total. The van der Waals surface area contributed by atoms with E-state index in [2.05, 4.69) is 36.7 Å². The van der Waals surface area contributed by atoms with E-state index in [-0.39, 0.29) is 5.69 Å². The number of nitrogens with zero attached hydrogens (tertiary/aromatic N) is 2. The summed E-state index contributed by atoms with van der Waals surface area (Å²) in [7, 11) is 3.16. The molecule has 0 aliphatic heterocycles. The van der Waals surface area contributed by atoms with E-state index in [0.717, 1.165) is 10.0 Å². The molecule has 0 unspecified atom stereocenters. The molecule has 7 nitrogen and oxygen atoms in total. The summed E-state index contributed by atoms with van der Waals surface area (Å²) < 4.78 is 11.6. The van der Waals surface area contributed by atoms with Gasteiger partial charge in [-0.25, -0.2) is 5.43 Å². The highest BCUT2D eigenvalue weighted by atomic mass is 79.9. The Morgan fingerprint density at radius 2 is 1.96 bits per heavy atom. The number of ether oxygens (including phenoxy) is 2. The van der Waals surface area contributed by atoms with Gasteiger partial charge in [0.1, 0.15) is 17.2 Å². The number of hydrogen-bond donors (Lipinski definition) is 2. The normalized spacial score (nSPS) is 11.2. The van der Waals surface area contributed by atoms with Crippen LogP contribution >= 0.6 is 15.9 Å².